The summed E-state index contributed by atoms with van der Waals surface area (Å²) in [5.74, 6) is 0. The Balaban J connectivity index is 2.98. The van der Waals surface area contributed by atoms with Gasteiger partial charge in [0.2, 0.25) is 0 Å². The van der Waals surface area contributed by atoms with Gasteiger partial charge in [0.1, 0.15) is 0 Å². The first-order chi connectivity index (χ1) is 4.81. The van der Waals surface area contributed by atoms with E-state index in [-0.39, 0.29) is 6.04 Å². The van der Waals surface area contributed by atoms with Crippen molar-refractivity contribution in [3.05, 3.63) is 0 Å². The lowest BCUT2D eigenvalue weighted by Crippen LogP contribution is -2.16. The van der Waals surface area contributed by atoms with Crippen molar-refractivity contribution in [2.45, 2.75) is 45.1 Å². The van der Waals surface area contributed by atoms with E-state index < -0.39 is 0 Å². The molecule has 0 aliphatic heterocycles. The monoisotopic (exact) mass is 140 g/mol. The van der Waals surface area contributed by atoms with E-state index >= 15 is 0 Å². The second-order valence-electron chi connectivity index (χ2n) is 2.58. The average Bonchev–Trinajstić information content (AvgIpc) is 1.98. The van der Waals surface area contributed by atoms with Crippen LogP contribution in [0.1, 0.15) is 39.0 Å². The van der Waals surface area contributed by atoms with Crippen molar-refractivity contribution in [1.82, 2.24) is 0 Å². The highest BCUT2D eigenvalue weighted by Gasteiger charge is 1.97. The van der Waals surface area contributed by atoms with E-state index in [2.05, 4.69) is 6.92 Å². The molecular weight excluding hydrogens is 124 g/mol. The van der Waals surface area contributed by atoms with Gasteiger partial charge < -0.3 is 5.73 Å². The highest BCUT2D eigenvalue weighted by atomic mass is 14.6. The fourth-order valence-corrected chi connectivity index (χ4v) is 0.856. The Hall–Kier alpha value is -0.550. The Morgan fingerprint density at radius 2 is 2.10 bits per heavy atom. The third-order valence-electron chi connectivity index (χ3n) is 1.53. The first kappa shape index (κ1) is 9.45. The fraction of sp³-hybridized carbons (Fsp3) is 0.875. The van der Waals surface area contributed by atoms with E-state index in [9.17, 15) is 0 Å². The van der Waals surface area contributed by atoms with Gasteiger partial charge in [-0.05, 0) is 6.42 Å². The van der Waals surface area contributed by atoms with Crippen LogP contribution in [-0.2, 0) is 0 Å². The molecule has 0 saturated heterocycles. The van der Waals surface area contributed by atoms with Crippen LogP contribution in [0.15, 0.2) is 0 Å². The quantitative estimate of drug-likeness (QED) is 0.592. The van der Waals surface area contributed by atoms with Crippen molar-refractivity contribution in [3.63, 3.8) is 0 Å². The number of nitrogens with zero attached hydrogens (tertiary/aromatic N) is 1. The third-order valence-corrected chi connectivity index (χ3v) is 1.53. The van der Waals surface area contributed by atoms with Crippen LogP contribution >= 0.6 is 0 Å². The molecule has 0 heterocycles. The lowest BCUT2D eigenvalue weighted by Gasteiger charge is -2.00. The fourth-order valence-electron chi connectivity index (χ4n) is 0.856. The molecule has 58 valence electrons. The van der Waals surface area contributed by atoms with Crippen molar-refractivity contribution < 1.29 is 0 Å². The molecule has 0 aliphatic carbocycles. The van der Waals surface area contributed by atoms with Gasteiger partial charge in [-0.2, -0.15) is 5.26 Å². The van der Waals surface area contributed by atoms with Crippen LogP contribution < -0.4 is 5.73 Å². The summed E-state index contributed by atoms with van der Waals surface area (Å²) in [4.78, 5) is 0. The topological polar surface area (TPSA) is 49.8 Å². The zero-order valence-corrected chi connectivity index (χ0v) is 6.64. The number of hydrogen-bond acceptors (Lipinski definition) is 2. The van der Waals surface area contributed by atoms with E-state index in [4.69, 9.17) is 11.0 Å². The molecule has 0 fully saturated rings. The van der Waals surface area contributed by atoms with Gasteiger partial charge >= 0.3 is 0 Å². The maximum Gasteiger partial charge on any atom is 0.0928 e. The maximum atomic E-state index is 8.32. The molecule has 0 radical (unpaired) electrons. The van der Waals surface area contributed by atoms with Gasteiger partial charge in [-0.1, -0.05) is 32.6 Å². The molecule has 0 amide bonds. The van der Waals surface area contributed by atoms with Gasteiger partial charge in [-0.15, -0.1) is 0 Å². The molecule has 0 aromatic heterocycles. The third kappa shape index (κ3) is 5.58. The second-order valence-corrected chi connectivity index (χ2v) is 2.58. The summed E-state index contributed by atoms with van der Waals surface area (Å²) in [6.45, 7) is 2.17. The normalized spacial score (nSPS) is 12.5. The predicted octanol–water partition coefficient (Wildman–Crippen LogP) is 1.81. The van der Waals surface area contributed by atoms with E-state index in [1.54, 1.807) is 0 Å². The Bertz CT molecular complexity index is 104. The molecular formula is C8H16N2. The SMILES string of the molecule is CCCCCC[C@H](N)C#N. The highest BCUT2D eigenvalue weighted by molar-refractivity contribution is 4.85. The van der Waals surface area contributed by atoms with Gasteiger partial charge in [0.05, 0.1) is 12.1 Å². The van der Waals surface area contributed by atoms with Crippen LogP contribution in [0.4, 0.5) is 0 Å². The summed E-state index contributed by atoms with van der Waals surface area (Å²) in [5, 5.41) is 8.32. The summed E-state index contributed by atoms with van der Waals surface area (Å²) in [6.07, 6.45) is 5.67. The van der Waals surface area contributed by atoms with Gasteiger partial charge in [-0.25, -0.2) is 0 Å². The molecule has 0 aromatic rings. The van der Waals surface area contributed by atoms with Gasteiger partial charge in [-0.3, -0.25) is 0 Å². The van der Waals surface area contributed by atoms with Gasteiger partial charge in [0.25, 0.3) is 0 Å². The van der Waals surface area contributed by atoms with Crippen molar-refractivity contribution in [1.29, 1.82) is 5.26 Å². The van der Waals surface area contributed by atoms with Crippen molar-refractivity contribution >= 4 is 0 Å². The van der Waals surface area contributed by atoms with Crippen LogP contribution in [0.5, 0.6) is 0 Å². The smallest absolute Gasteiger partial charge is 0.0928 e. The number of hydrogen-bond donors (Lipinski definition) is 1. The molecule has 10 heavy (non-hydrogen) atoms. The Kier molecular flexibility index (Phi) is 6.21. The maximum absolute atomic E-state index is 8.32. The zero-order chi connectivity index (χ0) is 7.82. The van der Waals surface area contributed by atoms with E-state index in [0.717, 1.165) is 12.8 Å². The first-order valence-corrected chi connectivity index (χ1v) is 3.96. The Morgan fingerprint density at radius 3 is 2.60 bits per heavy atom. The summed E-state index contributed by atoms with van der Waals surface area (Å²) in [7, 11) is 0. The average molecular weight is 140 g/mol. The van der Waals surface area contributed by atoms with Crippen molar-refractivity contribution in [2.24, 2.45) is 5.73 Å². The van der Waals surface area contributed by atoms with E-state index in [1.165, 1.54) is 19.3 Å². The Labute approximate surface area is 63.0 Å². The second kappa shape index (κ2) is 6.57. The molecule has 0 saturated carbocycles. The molecule has 2 nitrogen and oxygen atoms in total. The largest absolute Gasteiger partial charge is 0.316 e. The number of nitriles is 1. The highest BCUT2D eigenvalue weighted by Crippen LogP contribution is 2.03. The van der Waals surface area contributed by atoms with Gasteiger partial charge in [0.15, 0.2) is 0 Å². The molecule has 0 unspecified atom stereocenters. The molecule has 0 aliphatic rings. The number of unbranched alkanes of at least 4 members (excludes halogenated alkanes) is 3. The standard InChI is InChI=1S/C8H16N2/c1-2-3-4-5-6-8(10)7-9/h8H,2-6,10H2,1H3/t8-/m0/s1. The van der Waals surface area contributed by atoms with Crippen molar-refractivity contribution in [2.75, 3.05) is 0 Å². The van der Waals surface area contributed by atoms with Crippen LogP contribution in [0.3, 0.4) is 0 Å². The molecule has 2 heteroatoms. The van der Waals surface area contributed by atoms with E-state index in [1.807, 2.05) is 6.07 Å². The minimum Gasteiger partial charge on any atom is -0.316 e. The Morgan fingerprint density at radius 1 is 1.40 bits per heavy atom. The van der Waals surface area contributed by atoms with Crippen LogP contribution in [0.25, 0.3) is 0 Å². The lowest BCUT2D eigenvalue weighted by molar-refractivity contribution is 0.604. The summed E-state index contributed by atoms with van der Waals surface area (Å²) in [5.41, 5.74) is 5.39. The number of rotatable bonds is 5. The van der Waals surface area contributed by atoms with Crippen LogP contribution in [0, 0.1) is 11.3 Å². The molecule has 1 atom stereocenters. The molecule has 2 N–H and O–H groups in total. The van der Waals surface area contributed by atoms with Crippen LogP contribution in [-0.4, -0.2) is 6.04 Å². The van der Waals surface area contributed by atoms with Gasteiger partial charge in [0, 0.05) is 0 Å². The lowest BCUT2D eigenvalue weighted by atomic mass is 10.1. The first-order valence-electron chi connectivity index (χ1n) is 3.96. The summed E-state index contributed by atoms with van der Waals surface area (Å²) < 4.78 is 0. The predicted molar refractivity (Wildman–Crippen MR) is 42.3 cm³/mol. The summed E-state index contributed by atoms with van der Waals surface area (Å²) in [6, 6.07) is 1.78. The van der Waals surface area contributed by atoms with Crippen LogP contribution in [0.2, 0.25) is 0 Å². The number of nitrogens with two attached hydrogens (primary N) is 1. The minimum absolute atomic E-state index is 0.239. The molecule has 0 aromatic carbocycles. The summed E-state index contributed by atoms with van der Waals surface area (Å²) >= 11 is 0. The minimum atomic E-state index is -0.239. The van der Waals surface area contributed by atoms with E-state index in [0.29, 0.717) is 0 Å². The molecule has 0 rings (SSSR count). The molecule has 0 bridgehead atoms. The molecule has 0 spiro atoms. The van der Waals surface area contributed by atoms with Crippen molar-refractivity contribution in [3.8, 4) is 6.07 Å². The zero-order valence-electron chi connectivity index (χ0n) is 6.64.